The predicted octanol–water partition coefficient (Wildman–Crippen LogP) is 1.27. The van der Waals surface area contributed by atoms with Crippen LogP contribution in [0.2, 0.25) is 0 Å². The van der Waals surface area contributed by atoms with E-state index >= 15 is 0 Å². The molecule has 158 valence electrons. The van der Waals surface area contributed by atoms with E-state index in [2.05, 4.69) is 5.32 Å². The van der Waals surface area contributed by atoms with E-state index in [1.807, 2.05) is 0 Å². The number of amides is 4. The standard InChI is InChI=1S/C20H21N3O6S/c1-20(16-8-5-10-29-16)18(25)22(19(26)21-20)12-17(24)23(14-6-3-2-4-7-14)15-9-11-30(27,28)13-15/h2-8,10,15H,9,11-13H2,1H3,(H,21,26)/t15-,20+/m0/s1. The summed E-state index contributed by atoms with van der Waals surface area (Å²) < 4.78 is 29.3. The van der Waals surface area contributed by atoms with Crippen molar-refractivity contribution in [1.29, 1.82) is 0 Å². The number of carbonyl (C=O) groups is 3. The molecule has 30 heavy (non-hydrogen) atoms. The highest BCUT2D eigenvalue weighted by atomic mass is 32.2. The number of sulfone groups is 1. The summed E-state index contributed by atoms with van der Waals surface area (Å²) in [6.07, 6.45) is 1.69. The van der Waals surface area contributed by atoms with Crippen molar-refractivity contribution in [1.82, 2.24) is 10.2 Å². The number of hydrogen-bond donors (Lipinski definition) is 1. The van der Waals surface area contributed by atoms with Gasteiger partial charge in [-0.3, -0.25) is 14.5 Å². The SMILES string of the molecule is C[C@]1(c2ccco2)NC(=O)N(CC(=O)N(c2ccccc2)[C@H]2CCS(=O)(=O)C2)C1=O. The Labute approximate surface area is 173 Å². The summed E-state index contributed by atoms with van der Waals surface area (Å²) in [5, 5.41) is 2.58. The summed E-state index contributed by atoms with van der Waals surface area (Å²) in [6, 6.07) is 10.6. The molecule has 0 saturated carbocycles. The normalized spacial score (nSPS) is 25.4. The number of para-hydroxylation sites is 1. The van der Waals surface area contributed by atoms with Gasteiger partial charge in [0.05, 0.1) is 23.8 Å². The average Bonchev–Trinajstić information content (AvgIpc) is 3.40. The largest absolute Gasteiger partial charge is 0.466 e. The van der Waals surface area contributed by atoms with E-state index in [1.165, 1.54) is 18.1 Å². The van der Waals surface area contributed by atoms with Gasteiger partial charge < -0.3 is 14.6 Å². The Morgan fingerprint density at radius 1 is 1.23 bits per heavy atom. The first-order valence-corrected chi connectivity index (χ1v) is 11.3. The first-order chi connectivity index (χ1) is 14.2. The molecule has 2 aromatic rings. The minimum Gasteiger partial charge on any atom is -0.466 e. The van der Waals surface area contributed by atoms with Gasteiger partial charge in [0.15, 0.2) is 15.4 Å². The van der Waals surface area contributed by atoms with E-state index in [1.54, 1.807) is 42.5 Å². The van der Waals surface area contributed by atoms with Gasteiger partial charge in [0.1, 0.15) is 12.3 Å². The van der Waals surface area contributed by atoms with Crippen LogP contribution in [0.1, 0.15) is 19.1 Å². The Balaban J connectivity index is 1.60. The maximum Gasteiger partial charge on any atom is 0.325 e. The van der Waals surface area contributed by atoms with Gasteiger partial charge in [0, 0.05) is 5.69 Å². The molecule has 2 fully saturated rings. The summed E-state index contributed by atoms with van der Waals surface area (Å²) in [5.41, 5.74) is -0.889. The molecule has 0 bridgehead atoms. The number of rotatable bonds is 5. The molecule has 2 aliphatic heterocycles. The molecule has 2 saturated heterocycles. The van der Waals surface area contributed by atoms with Crippen molar-refractivity contribution < 1.29 is 27.2 Å². The number of urea groups is 1. The topological polar surface area (TPSA) is 117 Å². The van der Waals surface area contributed by atoms with Crippen molar-refractivity contribution in [3.63, 3.8) is 0 Å². The number of nitrogens with zero attached hydrogens (tertiary/aromatic N) is 2. The van der Waals surface area contributed by atoms with Crippen LogP contribution in [-0.2, 0) is 25.0 Å². The molecule has 9 nitrogen and oxygen atoms in total. The molecule has 1 aromatic carbocycles. The lowest BCUT2D eigenvalue weighted by Crippen LogP contribution is -2.48. The van der Waals surface area contributed by atoms with Crippen LogP contribution in [0.3, 0.4) is 0 Å². The molecular weight excluding hydrogens is 410 g/mol. The minimum atomic E-state index is -3.25. The lowest BCUT2D eigenvalue weighted by molar-refractivity contribution is -0.134. The summed E-state index contributed by atoms with van der Waals surface area (Å²) in [7, 11) is -3.25. The van der Waals surface area contributed by atoms with Gasteiger partial charge in [0.2, 0.25) is 5.91 Å². The molecule has 1 aromatic heterocycles. The van der Waals surface area contributed by atoms with Crippen LogP contribution in [0.4, 0.5) is 10.5 Å². The molecule has 0 aliphatic carbocycles. The van der Waals surface area contributed by atoms with Crippen LogP contribution in [-0.4, -0.2) is 55.3 Å². The molecule has 0 radical (unpaired) electrons. The minimum absolute atomic E-state index is 0.00598. The zero-order valence-corrected chi connectivity index (χ0v) is 17.1. The van der Waals surface area contributed by atoms with Crippen molar-refractivity contribution in [2.24, 2.45) is 0 Å². The number of carbonyl (C=O) groups excluding carboxylic acids is 3. The maximum absolute atomic E-state index is 13.2. The third-order valence-corrected chi connectivity index (χ3v) is 7.21. The highest BCUT2D eigenvalue weighted by Crippen LogP contribution is 2.30. The lowest BCUT2D eigenvalue weighted by Gasteiger charge is -2.29. The molecule has 0 spiro atoms. The van der Waals surface area contributed by atoms with Gasteiger partial charge in [0.25, 0.3) is 5.91 Å². The van der Waals surface area contributed by atoms with Crippen LogP contribution in [0.5, 0.6) is 0 Å². The van der Waals surface area contributed by atoms with E-state index in [0.717, 1.165) is 4.90 Å². The molecule has 4 amide bonds. The fourth-order valence-electron chi connectivity index (χ4n) is 3.91. The first kappa shape index (κ1) is 20.1. The molecular formula is C20H21N3O6S. The zero-order chi connectivity index (χ0) is 21.5. The molecule has 0 unspecified atom stereocenters. The van der Waals surface area contributed by atoms with Gasteiger partial charge in [-0.2, -0.15) is 0 Å². The zero-order valence-electron chi connectivity index (χ0n) is 16.3. The van der Waals surface area contributed by atoms with Gasteiger partial charge in [-0.25, -0.2) is 13.2 Å². The third kappa shape index (κ3) is 3.47. The number of benzene rings is 1. The highest BCUT2D eigenvalue weighted by molar-refractivity contribution is 7.91. The van der Waals surface area contributed by atoms with Crippen molar-refractivity contribution in [2.45, 2.75) is 24.9 Å². The fourth-order valence-corrected chi connectivity index (χ4v) is 5.61. The molecule has 3 heterocycles. The second-order valence-electron chi connectivity index (χ2n) is 7.58. The third-order valence-electron chi connectivity index (χ3n) is 5.46. The maximum atomic E-state index is 13.2. The number of hydrogen-bond acceptors (Lipinski definition) is 6. The average molecular weight is 431 g/mol. The molecule has 4 rings (SSSR count). The second-order valence-corrected chi connectivity index (χ2v) is 9.81. The molecule has 10 heteroatoms. The van der Waals surface area contributed by atoms with Crippen LogP contribution in [0, 0.1) is 0 Å². The van der Waals surface area contributed by atoms with Crippen LogP contribution in [0.15, 0.2) is 53.1 Å². The van der Waals surface area contributed by atoms with E-state index in [-0.39, 0.29) is 17.3 Å². The van der Waals surface area contributed by atoms with Gasteiger partial charge in [-0.05, 0) is 37.6 Å². The Bertz CT molecular complexity index is 1080. The Morgan fingerprint density at radius 2 is 1.97 bits per heavy atom. The molecule has 2 atom stereocenters. The quantitative estimate of drug-likeness (QED) is 0.713. The number of furan rings is 1. The Kier molecular flexibility index (Phi) is 4.89. The van der Waals surface area contributed by atoms with Gasteiger partial charge in [-0.15, -0.1) is 0 Å². The Hall–Kier alpha value is -3.14. The summed E-state index contributed by atoms with van der Waals surface area (Å²) in [4.78, 5) is 40.9. The van der Waals surface area contributed by atoms with E-state index in [0.29, 0.717) is 12.1 Å². The van der Waals surface area contributed by atoms with E-state index in [9.17, 15) is 22.8 Å². The number of imide groups is 1. The van der Waals surface area contributed by atoms with Crippen LogP contribution in [0.25, 0.3) is 0 Å². The van der Waals surface area contributed by atoms with Gasteiger partial charge >= 0.3 is 6.03 Å². The van der Waals surface area contributed by atoms with Gasteiger partial charge in [-0.1, -0.05) is 18.2 Å². The second kappa shape index (κ2) is 7.28. The number of nitrogens with one attached hydrogen (secondary N) is 1. The molecule has 2 aliphatic rings. The van der Waals surface area contributed by atoms with Crippen molar-refractivity contribution >= 4 is 33.4 Å². The highest BCUT2D eigenvalue weighted by Gasteiger charge is 2.52. The van der Waals surface area contributed by atoms with Crippen molar-refractivity contribution in [3.8, 4) is 0 Å². The first-order valence-electron chi connectivity index (χ1n) is 9.47. The van der Waals surface area contributed by atoms with E-state index < -0.39 is 45.8 Å². The summed E-state index contributed by atoms with van der Waals surface area (Å²) >= 11 is 0. The molecule has 1 N–H and O–H groups in total. The smallest absolute Gasteiger partial charge is 0.325 e. The van der Waals surface area contributed by atoms with Crippen LogP contribution >= 0.6 is 0 Å². The predicted molar refractivity (Wildman–Crippen MR) is 107 cm³/mol. The van der Waals surface area contributed by atoms with Crippen molar-refractivity contribution in [2.75, 3.05) is 23.0 Å². The monoisotopic (exact) mass is 431 g/mol. The van der Waals surface area contributed by atoms with Crippen LogP contribution < -0.4 is 10.2 Å². The summed E-state index contributed by atoms with van der Waals surface area (Å²) in [5.74, 6) is -1.04. The fraction of sp³-hybridized carbons (Fsp3) is 0.350. The lowest BCUT2D eigenvalue weighted by atomic mass is 9.99. The van der Waals surface area contributed by atoms with E-state index in [4.69, 9.17) is 4.42 Å². The number of anilines is 1. The van der Waals surface area contributed by atoms with Crippen molar-refractivity contribution in [3.05, 3.63) is 54.5 Å². The summed E-state index contributed by atoms with van der Waals surface area (Å²) in [6.45, 7) is 1.00. The Morgan fingerprint density at radius 3 is 2.57 bits per heavy atom.